The van der Waals surface area contributed by atoms with Gasteiger partial charge in [-0.1, -0.05) is 28.1 Å². The van der Waals surface area contributed by atoms with Crippen LogP contribution < -0.4 is 10.6 Å². The van der Waals surface area contributed by atoms with Crippen LogP contribution in [0.15, 0.2) is 33.7 Å². The van der Waals surface area contributed by atoms with Gasteiger partial charge in [0.1, 0.15) is 0 Å². The van der Waals surface area contributed by atoms with Crippen molar-refractivity contribution >= 4 is 21.9 Å². The number of rotatable bonds is 7. The second-order valence-electron chi connectivity index (χ2n) is 7.41. The summed E-state index contributed by atoms with van der Waals surface area (Å²) in [5.74, 6) is 0.834. The van der Waals surface area contributed by atoms with Gasteiger partial charge in [0.25, 0.3) is 0 Å². The number of aliphatic imine (C=N–C) groups is 1. The van der Waals surface area contributed by atoms with Crippen molar-refractivity contribution in [2.45, 2.75) is 44.6 Å². The Morgan fingerprint density at radius 3 is 2.46 bits per heavy atom. The second kappa shape index (κ2) is 9.72. The minimum Gasteiger partial charge on any atom is -0.381 e. The monoisotopic (exact) mass is 425 g/mol. The number of nitrogens with one attached hydrogen (secondary N) is 2. The van der Waals surface area contributed by atoms with E-state index in [1.807, 2.05) is 13.8 Å². The fourth-order valence-corrected chi connectivity index (χ4v) is 3.33. The molecule has 1 fully saturated rings. The average molecular weight is 426 g/mol. The summed E-state index contributed by atoms with van der Waals surface area (Å²) in [6.45, 7) is 10.0. The second-order valence-corrected chi connectivity index (χ2v) is 8.33. The summed E-state index contributed by atoms with van der Waals surface area (Å²) in [7, 11) is 1.72. The highest BCUT2D eigenvalue weighted by molar-refractivity contribution is 9.10. The third-order valence-corrected chi connectivity index (χ3v) is 5.54. The van der Waals surface area contributed by atoms with E-state index in [2.05, 4.69) is 57.8 Å². The highest BCUT2D eigenvalue weighted by atomic mass is 79.9. The van der Waals surface area contributed by atoms with E-state index in [-0.39, 0.29) is 11.0 Å². The zero-order valence-electron chi connectivity index (χ0n) is 16.4. The number of methoxy groups -OCH3 is 1. The molecule has 2 N–H and O–H groups in total. The van der Waals surface area contributed by atoms with Crippen LogP contribution in [0.5, 0.6) is 0 Å². The smallest absolute Gasteiger partial charge is 0.191 e. The Labute approximate surface area is 166 Å². The summed E-state index contributed by atoms with van der Waals surface area (Å²) in [4.78, 5) is 4.71. The third kappa shape index (κ3) is 5.96. The Morgan fingerprint density at radius 2 is 1.88 bits per heavy atom. The molecule has 0 unspecified atom stereocenters. The van der Waals surface area contributed by atoms with Crippen LogP contribution >= 0.6 is 15.9 Å². The Bertz CT molecular complexity index is 581. The lowest BCUT2D eigenvalue weighted by Gasteiger charge is -2.38. The molecule has 0 radical (unpaired) electrons. The first-order valence-corrected chi connectivity index (χ1v) is 10.1. The molecule has 2 rings (SSSR count). The van der Waals surface area contributed by atoms with E-state index < -0.39 is 0 Å². The molecule has 0 amide bonds. The van der Waals surface area contributed by atoms with Gasteiger partial charge in [0.2, 0.25) is 0 Å². The lowest BCUT2D eigenvalue weighted by Crippen LogP contribution is -2.48. The highest BCUT2D eigenvalue weighted by Crippen LogP contribution is 2.34. The molecule has 5 nitrogen and oxygen atoms in total. The van der Waals surface area contributed by atoms with Crippen molar-refractivity contribution in [2.24, 2.45) is 4.99 Å². The molecule has 0 saturated carbocycles. The van der Waals surface area contributed by atoms with Gasteiger partial charge in [0.15, 0.2) is 5.96 Å². The molecular weight excluding hydrogens is 394 g/mol. The van der Waals surface area contributed by atoms with Crippen LogP contribution in [-0.2, 0) is 14.9 Å². The van der Waals surface area contributed by atoms with Crippen LogP contribution in [0, 0.1) is 0 Å². The summed E-state index contributed by atoms with van der Waals surface area (Å²) >= 11 is 3.53. The van der Waals surface area contributed by atoms with E-state index >= 15 is 0 Å². The van der Waals surface area contributed by atoms with E-state index in [4.69, 9.17) is 14.5 Å². The molecular formula is C20H32BrN3O2. The maximum Gasteiger partial charge on any atom is 0.191 e. The first-order valence-electron chi connectivity index (χ1n) is 9.32. The van der Waals surface area contributed by atoms with E-state index in [9.17, 15) is 0 Å². The number of benzene rings is 1. The van der Waals surface area contributed by atoms with Crippen LogP contribution in [0.1, 0.15) is 39.2 Å². The molecule has 0 aromatic heterocycles. The standard InChI is InChI=1S/C20H32BrN3O2/c1-5-22-18(23-14-19(2,3)25-4)24-15-20(10-12-26-13-11-20)16-6-8-17(21)9-7-16/h6-9H,5,10-15H2,1-4H3,(H2,22,23,24). The van der Waals surface area contributed by atoms with Gasteiger partial charge in [0.05, 0.1) is 12.1 Å². The van der Waals surface area contributed by atoms with Gasteiger partial charge in [0, 0.05) is 43.3 Å². The average Bonchev–Trinajstić information content (AvgIpc) is 2.65. The van der Waals surface area contributed by atoms with Gasteiger partial charge in [-0.3, -0.25) is 4.99 Å². The Balaban J connectivity index is 2.13. The Morgan fingerprint density at radius 1 is 1.23 bits per heavy atom. The van der Waals surface area contributed by atoms with Gasteiger partial charge >= 0.3 is 0 Å². The maximum atomic E-state index is 5.63. The predicted octanol–water partition coefficient (Wildman–Crippen LogP) is 3.48. The van der Waals surface area contributed by atoms with Crippen molar-refractivity contribution in [1.29, 1.82) is 0 Å². The number of guanidine groups is 1. The molecule has 0 atom stereocenters. The van der Waals surface area contributed by atoms with E-state index in [1.165, 1.54) is 5.56 Å². The number of hydrogen-bond acceptors (Lipinski definition) is 3. The highest BCUT2D eigenvalue weighted by Gasteiger charge is 2.34. The van der Waals surface area contributed by atoms with E-state index in [0.717, 1.165) is 49.6 Å². The molecule has 1 heterocycles. The van der Waals surface area contributed by atoms with Gasteiger partial charge in [-0.15, -0.1) is 0 Å². The predicted molar refractivity (Wildman–Crippen MR) is 111 cm³/mol. The molecule has 1 aliphatic rings. The van der Waals surface area contributed by atoms with Crippen molar-refractivity contribution < 1.29 is 9.47 Å². The zero-order chi connectivity index (χ0) is 19.0. The Hall–Kier alpha value is -1.11. The molecule has 26 heavy (non-hydrogen) atoms. The molecule has 0 bridgehead atoms. The van der Waals surface area contributed by atoms with Gasteiger partial charge in [-0.25, -0.2) is 0 Å². The fraction of sp³-hybridized carbons (Fsp3) is 0.650. The lowest BCUT2D eigenvalue weighted by molar-refractivity contribution is 0.0310. The quantitative estimate of drug-likeness (QED) is 0.518. The van der Waals surface area contributed by atoms with Crippen LogP contribution in [0.4, 0.5) is 0 Å². The van der Waals surface area contributed by atoms with Crippen molar-refractivity contribution in [3.05, 3.63) is 34.3 Å². The SMILES string of the molecule is CCNC(=NCC(C)(C)OC)NCC1(c2ccc(Br)cc2)CCOCC1. The van der Waals surface area contributed by atoms with Gasteiger partial charge < -0.3 is 20.1 Å². The summed E-state index contributed by atoms with van der Waals surface area (Å²) in [6, 6.07) is 8.67. The minimum atomic E-state index is -0.273. The zero-order valence-corrected chi connectivity index (χ0v) is 18.0. The van der Waals surface area contributed by atoms with Crippen molar-refractivity contribution in [2.75, 3.05) is 40.0 Å². The summed E-state index contributed by atoms with van der Waals surface area (Å²) in [5, 5.41) is 6.90. The molecule has 1 aromatic carbocycles. The fourth-order valence-electron chi connectivity index (χ4n) is 3.06. The number of hydrogen-bond donors (Lipinski definition) is 2. The van der Waals surface area contributed by atoms with Gasteiger partial charge in [-0.05, 0) is 51.3 Å². The number of halogens is 1. The minimum absolute atomic E-state index is 0.0614. The van der Waals surface area contributed by atoms with Gasteiger partial charge in [-0.2, -0.15) is 0 Å². The van der Waals surface area contributed by atoms with Crippen molar-refractivity contribution in [3.8, 4) is 0 Å². The molecule has 6 heteroatoms. The molecule has 1 saturated heterocycles. The molecule has 0 spiro atoms. The lowest BCUT2D eigenvalue weighted by atomic mass is 9.74. The topological polar surface area (TPSA) is 54.9 Å². The van der Waals surface area contributed by atoms with E-state index in [0.29, 0.717) is 6.54 Å². The Kier molecular flexibility index (Phi) is 7.92. The first-order chi connectivity index (χ1) is 12.4. The van der Waals surface area contributed by atoms with Crippen LogP contribution in [0.3, 0.4) is 0 Å². The first kappa shape index (κ1) is 21.2. The van der Waals surface area contributed by atoms with E-state index in [1.54, 1.807) is 7.11 Å². The summed E-state index contributed by atoms with van der Waals surface area (Å²) < 4.78 is 12.2. The van der Waals surface area contributed by atoms with Crippen LogP contribution in [0.2, 0.25) is 0 Å². The third-order valence-electron chi connectivity index (χ3n) is 5.02. The number of ether oxygens (including phenoxy) is 2. The normalized spacial score (nSPS) is 17.8. The molecule has 0 aliphatic carbocycles. The summed E-state index contributed by atoms with van der Waals surface area (Å²) in [6.07, 6.45) is 2.01. The molecule has 1 aromatic rings. The number of nitrogens with zero attached hydrogens (tertiary/aromatic N) is 1. The molecule has 146 valence electrons. The maximum absolute atomic E-state index is 5.63. The van der Waals surface area contributed by atoms with Crippen LogP contribution in [-0.4, -0.2) is 51.5 Å². The molecule has 1 aliphatic heterocycles. The largest absolute Gasteiger partial charge is 0.381 e. The van der Waals surface area contributed by atoms with Crippen molar-refractivity contribution in [3.63, 3.8) is 0 Å². The van der Waals surface area contributed by atoms with Crippen molar-refractivity contribution in [1.82, 2.24) is 10.6 Å². The summed E-state index contributed by atoms with van der Waals surface area (Å²) in [5.41, 5.74) is 1.14. The van der Waals surface area contributed by atoms with Crippen LogP contribution in [0.25, 0.3) is 0 Å².